The number of non-ortho nitro benzene ring substituents is 1. The lowest BCUT2D eigenvalue weighted by molar-refractivity contribution is -0.385. The molecule has 7 rings (SSSR count). The molecule has 6 atom stereocenters. The van der Waals surface area contributed by atoms with E-state index in [9.17, 15) is 39.2 Å². The van der Waals surface area contributed by atoms with Gasteiger partial charge in [-0.25, -0.2) is 0 Å². The molecule has 4 aliphatic rings. The second-order valence-electron chi connectivity index (χ2n) is 14.9. The lowest BCUT2D eigenvalue weighted by Crippen LogP contribution is -2.54. The van der Waals surface area contributed by atoms with E-state index in [2.05, 4.69) is 0 Å². The Morgan fingerprint density at radius 1 is 1.06 bits per heavy atom. The molecule has 1 unspecified atom stereocenters. The molecule has 0 saturated carbocycles. The minimum absolute atomic E-state index is 0.00908. The molecule has 15 heteroatoms. The number of nitro benzene ring substituents is 1. The van der Waals surface area contributed by atoms with Crippen molar-refractivity contribution in [2.75, 3.05) is 16.4 Å². The Bertz CT molecular complexity index is 2020. The third-order valence-corrected chi connectivity index (χ3v) is 13.7. The van der Waals surface area contributed by atoms with Crippen molar-refractivity contribution in [1.82, 2.24) is 4.90 Å². The molecule has 4 aliphatic heterocycles. The molecule has 0 aliphatic carbocycles. The molecule has 0 aromatic heterocycles. The van der Waals surface area contributed by atoms with Crippen LogP contribution in [0.2, 0.25) is 18.6 Å². The zero-order valence-corrected chi connectivity index (χ0v) is 30.9. The number of ether oxygens (including phenoxy) is 2. The summed E-state index contributed by atoms with van der Waals surface area (Å²) < 4.78 is 12.1. The van der Waals surface area contributed by atoms with Gasteiger partial charge >= 0.3 is 5.97 Å². The Morgan fingerprint density at radius 2 is 1.79 bits per heavy atom. The monoisotopic (exact) mass is 742 g/mol. The van der Waals surface area contributed by atoms with Gasteiger partial charge in [0, 0.05) is 48.3 Å². The topological polar surface area (TPSA) is 180 Å². The van der Waals surface area contributed by atoms with E-state index in [1.54, 1.807) is 49.2 Å². The number of carbonyl (C=O) groups excluding carboxylic acids is 4. The summed E-state index contributed by atoms with van der Waals surface area (Å²) in [7, 11) is -3.19. The number of β-lactam (4-membered cyclic amide) rings is 1. The molecule has 4 heterocycles. The average Bonchev–Trinajstić information content (AvgIpc) is 3.52. The molecule has 0 bridgehead atoms. The van der Waals surface area contributed by atoms with Crippen molar-refractivity contribution in [1.29, 1.82) is 0 Å². The van der Waals surface area contributed by atoms with Gasteiger partial charge in [0.1, 0.15) is 0 Å². The Balaban J connectivity index is 1.23. The average molecular weight is 743 g/mol. The van der Waals surface area contributed by atoms with Crippen LogP contribution >= 0.6 is 0 Å². The second kappa shape index (κ2) is 13.5. The van der Waals surface area contributed by atoms with E-state index >= 15 is 0 Å². The summed E-state index contributed by atoms with van der Waals surface area (Å²) in [5, 5.41) is 22.3. The highest BCUT2D eigenvalue weighted by atomic mass is 28.4. The van der Waals surface area contributed by atoms with Crippen LogP contribution in [0.15, 0.2) is 66.7 Å². The number of nitro groups is 1. The van der Waals surface area contributed by atoms with Gasteiger partial charge in [0.05, 0.1) is 48.7 Å². The van der Waals surface area contributed by atoms with Crippen molar-refractivity contribution >= 4 is 49.1 Å². The first-order valence-electron chi connectivity index (χ1n) is 17.7. The third-order valence-electron chi connectivity index (χ3n) is 11.2. The van der Waals surface area contributed by atoms with Crippen LogP contribution in [0.3, 0.4) is 0 Å². The first-order valence-corrected chi connectivity index (χ1v) is 20.7. The number of aliphatic hydroxyl groups is 1. The highest BCUT2D eigenvalue weighted by Gasteiger charge is 2.67. The second-order valence-corrected chi connectivity index (χ2v) is 18.9. The smallest absolute Gasteiger partial charge is 0.304 e. The van der Waals surface area contributed by atoms with E-state index in [4.69, 9.17) is 9.47 Å². The SMILES string of the molecule is CC(=O)OC1CC(=O)N1c1cccc(CN2C(=O)[C@@]3(O[C@@H](CC(=O)N4Cc5ccccc5C[C@H]4CO)[C@H]([Si](C)(C)O)[C@H]3C)c3cc([N+](=O)[O-])ccc32)c1. The van der Waals surface area contributed by atoms with E-state index < -0.39 is 60.6 Å². The van der Waals surface area contributed by atoms with Crippen molar-refractivity contribution < 1.29 is 43.5 Å². The maximum Gasteiger partial charge on any atom is 0.304 e. The number of anilines is 2. The summed E-state index contributed by atoms with van der Waals surface area (Å²) in [6.07, 6.45) is -1.28. The summed E-state index contributed by atoms with van der Waals surface area (Å²) in [4.78, 5) is 81.0. The molecule has 3 aromatic rings. The number of fused-ring (bicyclic) bond motifs is 3. The van der Waals surface area contributed by atoms with Crippen molar-refractivity contribution in [2.45, 2.75) is 88.8 Å². The molecular formula is C38H42N4O10Si. The quantitative estimate of drug-likeness (QED) is 0.107. The van der Waals surface area contributed by atoms with Crippen LogP contribution in [0.5, 0.6) is 0 Å². The third kappa shape index (κ3) is 6.20. The highest BCUT2D eigenvalue weighted by molar-refractivity contribution is 6.71. The van der Waals surface area contributed by atoms with Crippen LogP contribution in [-0.2, 0) is 53.8 Å². The van der Waals surface area contributed by atoms with Crippen LogP contribution in [0.4, 0.5) is 17.1 Å². The molecule has 2 saturated heterocycles. The first-order chi connectivity index (χ1) is 25.1. The Labute approximate surface area is 307 Å². The number of carbonyl (C=O) groups is 4. The molecule has 3 amide bonds. The minimum atomic E-state index is -3.19. The van der Waals surface area contributed by atoms with Gasteiger partial charge in [-0.3, -0.25) is 34.2 Å². The lowest BCUT2D eigenvalue weighted by Gasteiger charge is -2.39. The van der Waals surface area contributed by atoms with Crippen molar-refractivity contribution in [2.24, 2.45) is 5.92 Å². The van der Waals surface area contributed by atoms with Crippen molar-refractivity contribution in [3.63, 3.8) is 0 Å². The zero-order valence-electron chi connectivity index (χ0n) is 29.9. The van der Waals surface area contributed by atoms with Gasteiger partial charge in [-0.05, 0) is 54.4 Å². The number of aliphatic hydroxyl groups excluding tert-OH is 1. The van der Waals surface area contributed by atoms with Gasteiger partial charge in [0.2, 0.25) is 11.8 Å². The maximum absolute atomic E-state index is 14.9. The van der Waals surface area contributed by atoms with Crippen LogP contribution in [-0.4, -0.2) is 76.7 Å². The Kier molecular flexibility index (Phi) is 9.25. The molecule has 278 valence electrons. The van der Waals surface area contributed by atoms with Gasteiger partial charge in [-0.1, -0.05) is 43.3 Å². The fraction of sp³-hybridized carbons (Fsp3) is 0.421. The first kappa shape index (κ1) is 36.4. The normalized spacial score (nSPS) is 26.4. The number of hydrogen-bond acceptors (Lipinski definition) is 10. The molecule has 2 N–H and O–H groups in total. The highest BCUT2D eigenvalue weighted by Crippen LogP contribution is 2.60. The predicted octanol–water partition coefficient (Wildman–Crippen LogP) is 3.90. The summed E-state index contributed by atoms with van der Waals surface area (Å²) in [6, 6.07) is 18.4. The van der Waals surface area contributed by atoms with Crippen molar-refractivity contribution in [3.05, 3.63) is 99.1 Å². The van der Waals surface area contributed by atoms with Gasteiger partial charge in [-0.15, -0.1) is 0 Å². The van der Waals surface area contributed by atoms with Gasteiger partial charge in [-0.2, -0.15) is 0 Å². The van der Waals surface area contributed by atoms with Crippen LogP contribution in [0.25, 0.3) is 0 Å². The molecule has 3 aromatic carbocycles. The fourth-order valence-corrected chi connectivity index (χ4v) is 11.4. The molecular weight excluding hydrogens is 701 g/mol. The van der Waals surface area contributed by atoms with E-state index in [0.717, 1.165) is 11.1 Å². The molecule has 14 nitrogen and oxygen atoms in total. The number of benzene rings is 3. The van der Waals surface area contributed by atoms with Crippen LogP contribution in [0, 0.1) is 16.0 Å². The Hall–Kier alpha value is -4.96. The van der Waals surface area contributed by atoms with Gasteiger partial charge in [0.25, 0.3) is 11.6 Å². The number of rotatable bonds is 9. The van der Waals surface area contributed by atoms with E-state index in [-0.39, 0.29) is 49.1 Å². The minimum Gasteiger partial charge on any atom is -0.441 e. The standard InChI is InChI=1S/C38H42N4O10Si/c1-22-36(53(3,4)50)32(17-33(45)39-20-26-10-6-5-9-25(26)15-29(39)21-43)52-38(22)30-16-28(42(48)49)12-13-31(30)40(37(38)47)19-24-8-7-11-27(14-24)41-34(46)18-35(41)51-23(2)44/h5-14,16,22,29,32,35-36,43,50H,15,17-21H2,1-4H3/t22-,29+,32+,35?,36-,38+/m1/s1. The molecule has 2 fully saturated rings. The summed E-state index contributed by atoms with van der Waals surface area (Å²) in [5.41, 5.74) is 1.22. The zero-order chi connectivity index (χ0) is 38.0. The van der Waals surface area contributed by atoms with Gasteiger partial charge in [0.15, 0.2) is 20.1 Å². The van der Waals surface area contributed by atoms with E-state index in [1.165, 1.54) is 34.9 Å². The number of amides is 3. The number of nitrogens with zero attached hydrogens (tertiary/aromatic N) is 4. The maximum atomic E-state index is 14.9. The predicted molar refractivity (Wildman–Crippen MR) is 194 cm³/mol. The summed E-state index contributed by atoms with van der Waals surface area (Å²) >= 11 is 0. The van der Waals surface area contributed by atoms with Crippen LogP contribution < -0.4 is 9.80 Å². The summed E-state index contributed by atoms with van der Waals surface area (Å²) in [5.74, 6) is -2.20. The van der Waals surface area contributed by atoms with Crippen LogP contribution in [0.1, 0.15) is 48.9 Å². The van der Waals surface area contributed by atoms with Gasteiger partial charge < -0.3 is 29.2 Å². The molecule has 1 spiro atoms. The lowest BCUT2D eigenvalue weighted by atomic mass is 9.82. The fourth-order valence-electron chi connectivity index (χ4n) is 8.84. The Morgan fingerprint density at radius 3 is 2.45 bits per heavy atom. The largest absolute Gasteiger partial charge is 0.441 e. The van der Waals surface area contributed by atoms with E-state index in [0.29, 0.717) is 29.9 Å². The molecule has 0 radical (unpaired) electrons. The summed E-state index contributed by atoms with van der Waals surface area (Å²) in [6.45, 7) is 6.60. The van der Waals surface area contributed by atoms with E-state index in [1.807, 2.05) is 24.3 Å². The number of hydrogen-bond donors (Lipinski definition) is 2. The van der Waals surface area contributed by atoms with Crippen molar-refractivity contribution in [3.8, 4) is 0 Å². The number of esters is 1. The molecule has 53 heavy (non-hydrogen) atoms.